The number of rotatable bonds is 5. The normalized spacial score (nSPS) is 10.6. The van der Waals surface area contributed by atoms with E-state index in [1.165, 1.54) is 0 Å². The van der Waals surface area contributed by atoms with E-state index in [-0.39, 0.29) is 6.03 Å². The lowest BCUT2D eigenvalue weighted by molar-refractivity contribution is 0.254. The summed E-state index contributed by atoms with van der Waals surface area (Å²) in [6.45, 7) is 0.600. The summed E-state index contributed by atoms with van der Waals surface area (Å²) in [6.07, 6.45) is 1.72. The molecule has 8 nitrogen and oxygen atoms in total. The molecule has 0 aliphatic heterocycles. The van der Waals surface area contributed by atoms with E-state index in [1.54, 1.807) is 13.4 Å². The largest absolute Gasteiger partial charge is 0.366 e. The zero-order valence-electron chi connectivity index (χ0n) is 15.3. The van der Waals surface area contributed by atoms with Crippen LogP contribution in [0.2, 0.25) is 0 Å². The van der Waals surface area contributed by atoms with Gasteiger partial charge in [0.1, 0.15) is 12.1 Å². The zero-order valence-corrected chi connectivity index (χ0v) is 15.3. The maximum atomic E-state index is 11.3. The van der Waals surface area contributed by atoms with Crippen LogP contribution in [0.15, 0.2) is 67.0 Å². The highest BCUT2D eigenvalue weighted by Crippen LogP contribution is 2.19. The molecular formula is C20H19N7O. The highest BCUT2D eigenvalue weighted by molar-refractivity contribution is 5.88. The lowest BCUT2D eigenvalue weighted by Crippen LogP contribution is -2.24. The van der Waals surface area contributed by atoms with Crippen molar-refractivity contribution in [2.24, 2.45) is 0 Å². The van der Waals surface area contributed by atoms with Gasteiger partial charge in [0, 0.05) is 30.9 Å². The van der Waals surface area contributed by atoms with E-state index >= 15 is 0 Å². The number of nitrogens with zero attached hydrogens (tertiary/aromatic N) is 4. The van der Waals surface area contributed by atoms with Crippen molar-refractivity contribution in [3.63, 3.8) is 0 Å². The molecule has 2 aromatic carbocycles. The molecule has 0 spiro atoms. The smallest absolute Gasteiger partial charge is 0.318 e. The lowest BCUT2D eigenvalue weighted by Gasteiger charge is -2.08. The summed E-state index contributed by atoms with van der Waals surface area (Å²) in [5, 5.41) is 17.0. The number of fused-ring (bicyclic) bond motifs is 1. The van der Waals surface area contributed by atoms with Gasteiger partial charge >= 0.3 is 6.03 Å². The molecule has 0 fully saturated rings. The molecule has 0 saturated carbocycles. The van der Waals surface area contributed by atoms with Crippen LogP contribution in [0.5, 0.6) is 0 Å². The standard InChI is InChI=1S/C20H19N7O/c1-21-20(28)24-16-9-7-14(8-10-16)12-22-17-11-18-25-26-19(27(18)13-23-17)15-5-3-2-4-6-15/h2-11,13,22H,12H2,1H3,(H2,21,24,28). The number of anilines is 2. The monoisotopic (exact) mass is 373 g/mol. The Morgan fingerprint density at radius 1 is 1.04 bits per heavy atom. The first-order valence-electron chi connectivity index (χ1n) is 8.81. The summed E-state index contributed by atoms with van der Waals surface area (Å²) in [7, 11) is 1.58. The molecule has 0 radical (unpaired) electrons. The van der Waals surface area contributed by atoms with Crippen molar-refractivity contribution < 1.29 is 4.79 Å². The maximum Gasteiger partial charge on any atom is 0.318 e. The summed E-state index contributed by atoms with van der Waals surface area (Å²) in [5.41, 5.74) is 3.51. The summed E-state index contributed by atoms with van der Waals surface area (Å²) in [6, 6.07) is 19.1. The van der Waals surface area contributed by atoms with Crippen molar-refractivity contribution in [3.05, 3.63) is 72.6 Å². The lowest BCUT2D eigenvalue weighted by atomic mass is 10.2. The van der Waals surface area contributed by atoms with Gasteiger partial charge < -0.3 is 16.0 Å². The van der Waals surface area contributed by atoms with Crippen molar-refractivity contribution in [1.29, 1.82) is 0 Å². The molecule has 0 saturated heterocycles. The van der Waals surface area contributed by atoms with E-state index < -0.39 is 0 Å². The second kappa shape index (κ2) is 7.75. The van der Waals surface area contributed by atoms with Gasteiger partial charge in [-0.15, -0.1) is 10.2 Å². The topological polar surface area (TPSA) is 96.2 Å². The van der Waals surface area contributed by atoms with Crippen LogP contribution < -0.4 is 16.0 Å². The molecule has 2 amide bonds. The van der Waals surface area contributed by atoms with Crippen LogP contribution in [0.25, 0.3) is 17.0 Å². The van der Waals surface area contributed by atoms with Crippen LogP contribution in [0.3, 0.4) is 0 Å². The first-order valence-corrected chi connectivity index (χ1v) is 8.81. The quantitative estimate of drug-likeness (QED) is 0.499. The molecule has 0 atom stereocenters. The summed E-state index contributed by atoms with van der Waals surface area (Å²) >= 11 is 0. The predicted molar refractivity (Wildman–Crippen MR) is 108 cm³/mol. The summed E-state index contributed by atoms with van der Waals surface area (Å²) in [4.78, 5) is 15.8. The number of carbonyl (C=O) groups is 1. The third-order valence-corrected chi connectivity index (χ3v) is 4.24. The fourth-order valence-electron chi connectivity index (χ4n) is 2.77. The second-order valence-electron chi connectivity index (χ2n) is 6.15. The molecule has 2 aromatic heterocycles. The van der Waals surface area contributed by atoms with Gasteiger partial charge in [0.25, 0.3) is 0 Å². The average Bonchev–Trinajstić information content (AvgIpc) is 3.17. The van der Waals surface area contributed by atoms with Crippen LogP contribution in [-0.2, 0) is 6.54 Å². The molecule has 3 N–H and O–H groups in total. The van der Waals surface area contributed by atoms with Crippen molar-refractivity contribution in [2.75, 3.05) is 17.7 Å². The molecule has 4 rings (SSSR count). The van der Waals surface area contributed by atoms with Crippen LogP contribution >= 0.6 is 0 Å². The maximum absolute atomic E-state index is 11.3. The Morgan fingerprint density at radius 2 is 1.82 bits per heavy atom. The minimum atomic E-state index is -0.244. The van der Waals surface area contributed by atoms with Gasteiger partial charge in [-0.05, 0) is 17.7 Å². The molecule has 2 heterocycles. The van der Waals surface area contributed by atoms with Crippen molar-refractivity contribution in [1.82, 2.24) is 24.9 Å². The zero-order chi connectivity index (χ0) is 19.3. The van der Waals surface area contributed by atoms with Gasteiger partial charge in [-0.3, -0.25) is 4.40 Å². The Bertz CT molecular complexity index is 1090. The van der Waals surface area contributed by atoms with Gasteiger partial charge in [-0.2, -0.15) is 0 Å². The second-order valence-corrected chi connectivity index (χ2v) is 6.15. The fraction of sp³-hybridized carbons (Fsp3) is 0.100. The molecule has 8 heteroatoms. The molecule has 4 aromatic rings. The van der Waals surface area contributed by atoms with E-state index in [0.717, 1.165) is 28.3 Å². The Morgan fingerprint density at radius 3 is 2.57 bits per heavy atom. The molecular weight excluding hydrogens is 354 g/mol. The Kier molecular flexibility index (Phi) is 4.83. The summed E-state index contributed by atoms with van der Waals surface area (Å²) < 4.78 is 1.86. The molecule has 140 valence electrons. The number of aromatic nitrogens is 4. The number of urea groups is 1. The van der Waals surface area contributed by atoms with Crippen LogP contribution in [-0.4, -0.2) is 32.7 Å². The number of nitrogens with one attached hydrogen (secondary N) is 3. The first kappa shape index (κ1) is 17.5. The van der Waals surface area contributed by atoms with E-state index in [2.05, 4.69) is 31.1 Å². The van der Waals surface area contributed by atoms with Gasteiger partial charge in [-0.1, -0.05) is 42.5 Å². The predicted octanol–water partition coefficient (Wildman–Crippen LogP) is 3.15. The summed E-state index contributed by atoms with van der Waals surface area (Å²) in [5.74, 6) is 1.47. The van der Waals surface area contributed by atoms with E-state index in [0.29, 0.717) is 12.4 Å². The number of hydrogen-bond acceptors (Lipinski definition) is 5. The van der Waals surface area contributed by atoms with Gasteiger partial charge in [-0.25, -0.2) is 9.78 Å². The number of hydrogen-bond donors (Lipinski definition) is 3. The SMILES string of the molecule is CNC(=O)Nc1ccc(CNc2cc3nnc(-c4ccccc4)n3cn2)cc1. The van der Waals surface area contributed by atoms with Crippen LogP contribution in [0.1, 0.15) is 5.56 Å². The Balaban J connectivity index is 1.45. The molecule has 0 aliphatic carbocycles. The van der Waals surface area contributed by atoms with Gasteiger partial charge in [0.05, 0.1) is 0 Å². The third kappa shape index (κ3) is 3.75. The fourth-order valence-corrected chi connectivity index (χ4v) is 2.77. The van der Waals surface area contributed by atoms with Crippen LogP contribution in [0.4, 0.5) is 16.3 Å². The van der Waals surface area contributed by atoms with Crippen molar-refractivity contribution in [2.45, 2.75) is 6.54 Å². The Labute approximate surface area is 161 Å². The molecule has 0 bridgehead atoms. The molecule has 0 aliphatic rings. The van der Waals surface area contributed by atoms with E-state index in [4.69, 9.17) is 0 Å². The van der Waals surface area contributed by atoms with Gasteiger partial charge in [0.2, 0.25) is 0 Å². The number of amides is 2. The highest BCUT2D eigenvalue weighted by atomic mass is 16.2. The average molecular weight is 373 g/mol. The third-order valence-electron chi connectivity index (χ3n) is 4.24. The highest BCUT2D eigenvalue weighted by Gasteiger charge is 2.08. The molecule has 28 heavy (non-hydrogen) atoms. The Hall–Kier alpha value is -3.94. The van der Waals surface area contributed by atoms with Crippen molar-refractivity contribution >= 4 is 23.2 Å². The van der Waals surface area contributed by atoms with Gasteiger partial charge in [0.15, 0.2) is 11.5 Å². The van der Waals surface area contributed by atoms with Crippen molar-refractivity contribution in [3.8, 4) is 11.4 Å². The minimum absolute atomic E-state index is 0.244. The first-order chi connectivity index (χ1) is 13.7. The van der Waals surface area contributed by atoms with E-state index in [9.17, 15) is 4.79 Å². The number of benzene rings is 2. The minimum Gasteiger partial charge on any atom is -0.366 e. The van der Waals surface area contributed by atoms with E-state index in [1.807, 2.05) is 65.1 Å². The van der Waals surface area contributed by atoms with Crippen LogP contribution in [0, 0.1) is 0 Å². The molecule has 0 unspecified atom stereocenters. The number of carbonyl (C=O) groups excluding carboxylic acids is 1.